The van der Waals surface area contributed by atoms with E-state index in [1.54, 1.807) is 14.0 Å². The highest BCUT2D eigenvalue weighted by Crippen LogP contribution is 1.91. The van der Waals surface area contributed by atoms with Gasteiger partial charge < -0.3 is 19.0 Å². The Balaban J connectivity index is 2.88. The summed E-state index contributed by atoms with van der Waals surface area (Å²) in [6.45, 7) is 4.61. The molecule has 0 aliphatic heterocycles. The molecular formula is C10H20O4. The number of hydrogen-bond acceptors (Lipinski definition) is 4. The van der Waals surface area contributed by atoms with Gasteiger partial charge in [-0.05, 0) is 13.3 Å². The van der Waals surface area contributed by atoms with Gasteiger partial charge in [0.1, 0.15) is 5.78 Å². The first kappa shape index (κ1) is 13.5. The lowest BCUT2D eigenvalue weighted by Crippen LogP contribution is -2.09. The Bertz CT molecular complexity index is 136. The van der Waals surface area contributed by atoms with E-state index in [9.17, 15) is 4.79 Å². The molecule has 0 spiro atoms. The zero-order chi connectivity index (χ0) is 10.6. The Labute approximate surface area is 85.5 Å². The number of hydrogen-bond donors (Lipinski definition) is 0. The first-order chi connectivity index (χ1) is 6.77. The molecule has 84 valence electrons. The van der Waals surface area contributed by atoms with Crippen LogP contribution in [-0.2, 0) is 19.0 Å². The van der Waals surface area contributed by atoms with Gasteiger partial charge in [0.05, 0.1) is 26.4 Å². The monoisotopic (exact) mass is 204 g/mol. The van der Waals surface area contributed by atoms with Gasteiger partial charge in [-0.1, -0.05) is 0 Å². The van der Waals surface area contributed by atoms with E-state index in [-0.39, 0.29) is 5.78 Å². The fraction of sp³-hybridized carbons (Fsp3) is 0.900. The van der Waals surface area contributed by atoms with Crippen LogP contribution in [0.2, 0.25) is 0 Å². The van der Waals surface area contributed by atoms with E-state index in [2.05, 4.69) is 0 Å². The summed E-state index contributed by atoms with van der Waals surface area (Å²) < 4.78 is 15.2. The predicted octanol–water partition coefficient (Wildman–Crippen LogP) is 1.04. The second kappa shape index (κ2) is 10.6. The van der Waals surface area contributed by atoms with E-state index in [4.69, 9.17) is 14.2 Å². The lowest BCUT2D eigenvalue weighted by molar-refractivity contribution is -0.117. The number of ether oxygens (including phenoxy) is 3. The molecule has 0 aromatic carbocycles. The lowest BCUT2D eigenvalue weighted by atomic mass is 10.2. The fourth-order valence-corrected chi connectivity index (χ4v) is 0.887. The van der Waals surface area contributed by atoms with Crippen LogP contribution in [0.25, 0.3) is 0 Å². The Morgan fingerprint density at radius 3 is 2.14 bits per heavy atom. The van der Waals surface area contributed by atoms with E-state index in [1.165, 1.54) is 0 Å². The summed E-state index contributed by atoms with van der Waals surface area (Å²) in [7, 11) is 1.64. The van der Waals surface area contributed by atoms with Crippen molar-refractivity contribution < 1.29 is 19.0 Å². The molecule has 4 nitrogen and oxygen atoms in total. The van der Waals surface area contributed by atoms with Crippen LogP contribution in [0, 0.1) is 0 Å². The highest BCUT2D eigenvalue weighted by Gasteiger charge is 1.93. The first-order valence-electron chi connectivity index (χ1n) is 4.91. The van der Waals surface area contributed by atoms with E-state index < -0.39 is 0 Å². The quantitative estimate of drug-likeness (QED) is 0.499. The number of carbonyl (C=O) groups is 1. The zero-order valence-corrected chi connectivity index (χ0v) is 9.08. The topological polar surface area (TPSA) is 44.8 Å². The molecule has 0 fully saturated rings. The van der Waals surface area contributed by atoms with Gasteiger partial charge >= 0.3 is 0 Å². The van der Waals surface area contributed by atoms with E-state index in [0.29, 0.717) is 39.5 Å². The van der Waals surface area contributed by atoms with Crippen molar-refractivity contribution in [2.24, 2.45) is 0 Å². The summed E-state index contributed by atoms with van der Waals surface area (Å²) in [5.41, 5.74) is 0. The Kier molecular flexibility index (Phi) is 10.3. The number of rotatable bonds is 10. The van der Waals surface area contributed by atoms with Gasteiger partial charge in [0.25, 0.3) is 0 Å². The van der Waals surface area contributed by atoms with E-state index >= 15 is 0 Å². The Hall–Kier alpha value is -0.450. The van der Waals surface area contributed by atoms with Crippen molar-refractivity contribution in [2.75, 3.05) is 40.1 Å². The first-order valence-corrected chi connectivity index (χ1v) is 4.91. The lowest BCUT2D eigenvalue weighted by Gasteiger charge is -2.04. The summed E-state index contributed by atoms with van der Waals surface area (Å²) in [6.07, 6.45) is 1.40. The van der Waals surface area contributed by atoms with Gasteiger partial charge in [-0.25, -0.2) is 0 Å². The van der Waals surface area contributed by atoms with Crippen LogP contribution in [0.3, 0.4) is 0 Å². The van der Waals surface area contributed by atoms with Crippen molar-refractivity contribution in [1.82, 2.24) is 0 Å². The third-order valence-corrected chi connectivity index (χ3v) is 1.62. The molecular weight excluding hydrogens is 184 g/mol. The van der Waals surface area contributed by atoms with Crippen molar-refractivity contribution in [3.8, 4) is 0 Å². The molecule has 0 aliphatic carbocycles. The SMILES string of the molecule is COCCOCCOCCCC(C)=O. The van der Waals surface area contributed by atoms with Gasteiger partial charge in [0.2, 0.25) is 0 Å². The van der Waals surface area contributed by atoms with Gasteiger partial charge in [-0.3, -0.25) is 0 Å². The standard InChI is InChI=1S/C10H20O4/c1-10(11)4-3-5-13-8-9-14-7-6-12-2/h3-9H2,1-2H3. The van der Waals surface area contributed by atoms with Crippen molar-refractivity contribution in [3.05, 3.63) is 0 Å². The minimum Gasteiger partial charge on any atom is -0.382 e. The smallest absolute Gasteiger partial charge is 0.129 e. The average Bonchev–Trinajstić information content (AvgIpc) is 2.15. The normalized spacial score (nSPS) is 10.4. The molecule has 0 aromatic rings. The summed E-state index contributed by atoms with van der Waals surface area (Å²) in [5, 5.41) is 0. The highest BCUT2D eigenvalue weighted by atomic mass is 16.5. The molecule has 0 rings (SSSR count). The molecule has 0 aromatic heterocycles. The second-order valence-corrected chi connectivity index (χ2v) is 3.02. The second-order valence-electron chi connectivity index (χ2n) is 3.02. The Morgan fingerprint density at radius 1 is 1.00 bits per heavy atom. The molecule has 0 saturated carbocycles. The largest absolute Gasteiger partial charge is 0.382 e. The molecule has 0 N–H and O–H groups in total. The molecule has 4 heteroatoms. The molecule has 0 heterocycles. The third-order valence-electron chi connectivity index (χ3n) is 1.62. The number of Topliss-reactive ketones (excluding diaryl/α,β-unsaturated/α-hetero) is 1. The summed E-state index contributed by atoms with van der Waals surface area (Å²) >= 11 is 0. The minimum atomic E-state index is 0.213. The van der Waals surface area contributed by atoms with Gasteiger partial charge in [0, 0.05) is 20.1 Å². The van der Waals surface area contributed by atoms with E-state index in [1.807, 2.05) is 0 Å². The van der Waals surface area contributed by atoms with Gasteiger partial charge in [-0.2, -0.15) is 0 Å². The van der Waals surface area contributed by atoms with Crippen LogP contribution >= 0.6 is 0 Å². The van der Waals surface area contributed by atoms with Crippen LogP contribution < -0.4 is 0 Å². The zero-order valence-electron chi connectivity index (χ0n) is 9.08. The van der Waals surface area contributed by atoms with E-state index in [0.717, 1.165) is 6.42 Å². The molecule has 14 heavy (non-hydrogen) atoms. The molecule has 0 bridgehead atoms. The van der Waals surface area contributed by atoms with Crippen LogP contribution in [0.4, 0.5) is 0 Å². The fourth-order valence-electron chi connectivity index (χ4n) is 0.887. The summed E-state index contributed by atoms with van der Waals surface area (Å²) in [6, 6.07) is 0. The maximum atomic E-state index is 10.6. The van der Waals surface area contributed by atoms with Crippen LogP contribution in [0.1, 0.15) is 19.8 Å². The number of methoxy groups -OCH3 is 1. The maximum Gasteiger partial charge on any atom is 0.129 e. The molecule has 0 atom stereocenters. The van der Waals surface area contributed by atoms with Gasteiger partial charge in [-0.15, -0.1) is 0 Å². The van der Waals surface area contributed by atoms with Crippen molar-refractivity contribution in [2.45, 2.75) is 19.8 Å². The van der Waals surface area contributed by atoms with Gasteiger partial charge in [0.15, 0.2) is 0 Å². The van der Waals surface area contributed by atoms with Crippen molar-refractivity contribution >= 4 is 5.78 Å². The molecule has 0 saturated heterocycles. The minimum absolute atomic E-state index is 0.213. The molecule has 0 aliphatic rings. The van der Waals surface area contributed by atoms with Crippen molar-refractivity contribution in [3.63, 3.8) is 0 Å². The van der Waals surface area contributed by atoms with Crippen molar-refractivity contribution in [1.29, 1.82) is 0 Å². The summed E-state index contributed by atoms with van der Waals surface area (Å²) in [4.78, 5) is 10.6. The number of ketones is 1. The molecule has 0 unspecified atom stereocenters. The van der Waals surface area contributed by atoms with Crippen LogP contribution in [0.15, 0.2) is 0 Å². The number of carbonyl (C=O) groups excluding carboxylic acids is 1. The predicted molar refractivity (Wildman–Crippen MR) is 53.4 cm³/mol. The highest BCUT2D eigenvalue weighted by molar-refractivity contribution is 5.75. The Morgan fingerprint density at radius 2 is 1.57 bits per heavy atom. The molecule has 0 radical (unpaired) electrons. The van der Waals surface area contributed by atoms with Crippen LogP contribution in [-0.4, -0.2) is 45.9 Å². The van der Waals surface area contributed by atoms with Crippen LogP contribution in [0.5, 0.6) is 0 Å². The average molecular weight is 204 g/mol. The maximum absolute atomic E-state index is 10.6. The molecule has 0 amide bonds. The third kappa shape index (κ3) is 11.6. The summed E-state index contributed by atoms with van der Waals surface area (Å²) in [5.74, 6) is 0.213.